The molecule has 0 unspecified atom stereocenters. The highest BCUT2D eigenvalue weighted by atomic mass is 16.2. The molecular formula is C28H32N6O3. The fourth-order valence-electron chi connectivity index (χ4n) is 4.51. The molecule has 0 saturated carbocycles. The van der Waals surface area contributed by atoms with Gasteiger partial charge in [-0.1, -0.05) is 32.0 Å². The molecule has 9 nitrogen and oxygen atoms in total. The molecular weight excluding hydrogens is 468 g/mol. The van der Waals surface area contributed by atoms with Crippen molar-refractivity contribution < 1.29 is 9.59 Å². The zero-order valence-electron chi connectivity index (χ0n) is 21.2. The first-order chi connectivity index (χ1) is 17.8. The quantitative estimate of drug-likeness (QED) is 0.464. The summed E-state index contributed by atoms with van der Waals surface area (Å²) in [6.45, 7) is 5.68. The van der Waals surface area contributed by atoms with Gasteiger partial charge in [0, 0.05) is 42.5 Å². The van der Waals surface area contributed by atoms with E-state index in [1.807, 2.05) is 41.3 Å². The number of aliphatic imine (C=N–C) groups is 1. The monoisotopic (exact) mass is 500 g/mol. The molecule has 0 radical (unpaired) electrons. The zero-order chi connectivity index (χ0) is 26.5. The minimum atomic E-state index is -0.485. The Balaban J connectivity index is 1.67. The van der Waals surface area contributed by atoms with Gasteiger partial charge in [0.1, 0.15) is 5.84 Å². The van der Waals surface area contributed by atoms with Crippen LogP contribution >= 0.6 is 0 Å². The molecule has 4 rings (SSSR count). The normalized spacial score (nSPS) is 12.9. The van der Waals surface area contributed by atoms with E-state index in [0.29, 0.717) is 47.4 Å². The Morgan fingerprint density at radius 1 is 1.05 bits per heavy atom. The van der Waals surface area contributed by atoms with Crippen LogP contribution in [0.4, 0.5) is 5.69 Å². The van der Waals surface area contributed by atoms with E-state index in [1.54, 1.807) is 12.3 Å². The van der Waals surface area contributed by atoms with Gasteiger partial charge in [-0.25, -0.2) is 9.67 Å². The van der Waals surface area contributed by atoms with Crippen LogP contribution in [-0.2, 0) is 16.1 Å². The molecule has 0 aliphatic carbocycles. The third kappa shape index (κ3) is 5.77. The molecule has 0 fully saturated rings. The number of carbonyl (C=O) groups excluding carboxylic acids is 2. The maximum Gasteiger partial charge on any atom is 0.274 e. The van der Waals surface area contributed by atoms with Gasteiger partial charge in [-0.2, -0.15) is 5.10 Å². The largest absolute Gasteiger partial charge is 0.387 e. The van der Waals surface area contributed by atoms with E-state index in [4.69, 9.17) is 11.5 Å². The standard InChI is InChI=1S/C28H32N6O3/c1-3-10-33(11-4-2)27(36)21-14-20-6-5-19(15-24(20)32-25(29)16-21)18-7-8-23-22(13-18)17-31-34(28(23)37)12-9-26(30)35/h5-8,13-15,17H,3-4,9-12,16H2,1-2H3,(H2,29,32)(H2,30,35). The summed E-state index contributed by atoms with van der Waals surface area (Å²) in [6.07, 6.45) is 5.64. The number of fused-ring (bicyclic) bond motifs is 2. The molecule has 4 N–H and O–H groups in total. The number of nitrogens with zero attached hydrogens (tertiary/aromatic N) is 4. The summed E-state index contributed by atoms with van der Waals surface area (Å²) in [5.74, 6) is -0.0915. The molecule has 3 aromatic rings. The maximum absolute atomic E-state index is 13.2. The minimum Gasteiger partial charge on any atom is -0.387 e. The van der Waals surface area contributed by atoms with Gasteiger partial charge in [-0.05, 0) is 48.2 Å². The van der Waals surface area contributed by atoms with Crippen LogP contribution in [0.3, 0.4) is 0 Å². The molecule has 1 aromatic heterocycles. The number of aromatic nitrogens is 2. The van der Waals surface area contributed by atoms with Crippen molar-refractivity contribution in [2.45, 2.75) is 46.1 Å². The molecule has 1 aliphatic heterocycles. The van der Waals surface area contributed by atoms with E-state index in [9.17, 15) is 14.4 Å². The van der Waals surface area contributed by atoms with Crippen molar-refractivity contribution in [2.24, 2.45) is 16.5 Å². The number of amidine groups is 1. The van der Waals surface area contributed by atoms with Crippen molar-refractivity contribution >= 4 is 40.2 Å². The summed E-state index contributed by atoms with van der Waals surface area (Å²) < 4.78 is 1.25. The van der Waals surface area contributed by atoms with Gasteiger partial charge < -0.3 is 16.4 Å². The molecule has 0 saturated heterocycles. The lowest BCUT2D eigenvalue weighted by Crippen LogP contribution is -2.34. The molecule has 9 heteroatoms. The number of benzene rings is 2. The molecule has 0 atom stereocenters. The number of amides is 2. The van der Waals surface area contributed by atoms with E-state index >= 15 is 0 Å². The zero-order valence-corrected chi connectivity index (χ0v) is 21.2. The topological polar surface area (TPSA) is 137 Å². The number of primary amides is 1. The van der Waals surface area contributed by atoms with Crippen molar-refractivity contribution in [3.63, 3.8) is 0 Å². The summed E-state index contributed by atoms with van der Waals surface area (Å²) in [7, 11) is 0. The number of nitrogens with two attached hydrogens (primary N) is 2. The molecule has 0 spiro atoms. The fraction of sp³-hybridized carbons (Fsp3) is 0.321. The second-order valence-corrected chi connectivity index (χ2v) is 9.21. The molecule has 2 heterocycles. The van der Waals surface area contributed by atoms with E-state index < -0.39 is 5.91 Å². The van der Waals surface area contributed by atoms with Crippen molar-refractivity contribution in [1.82, 2.24) is 14.7 Å². The van der Waals surface area contributed by atoms with E-state index in [-0.39, 0.29) is 24.4 Å². The van der Waals surface area contributed by atoms with Gasteiger partial charge in [0.25, 0.3) is 5.56 Å². The van der Waals surface area contributed by atoms with Crippen LogP contribution in [0.1, 0.15) is 45.1 Å². The minimum absolute atomic E-state index is 0.00212. The van der Waals surface area contributed by atoms with Crippen LogP contribution < -0.4 is 17.0 Å². The highest BCUT2D eigenvalue weighted by molar-refractivity contribution is 6.05. The van der Waals surface area contributed by atoms with Crippen molar-refractivity contribution in [3.8, 4) is 11.1 Å². The molecule has 37 heavy (non-hydrogen) atoms. The Kier molecular flexibility index (Phi) is 7.81. The van der Waals surface area contributed by atoms with Crippen LogP contribution in [-0.4, -0.2) is 45.4 Å². The van der Waals surface area contributed by atoms with Crippen LogP contribution in [0, 0.1) is 0 Å². The molecule has 2 amide bonds. The average molecular weight is 501 g/mol. The van der Waals surface area contributed by atoms with Crippen LogP contribution in [0.25, 0.3) is 28.0 Å². The first kappa shape index (κ1) is 25.8. The molecule has 1 aliphatic rings. The van der Waals surface area contributed by atoms with Crippen LogP contribution in [0.5, 0.6) is 0 Å². The lowest BCUT2D eigenvalue weighted by atomic mass is 9.99. The number of aryl methyl sites for hydroxylation is 1. The van der Waals surface area contributed by atoms with Crippen molar-refractivity contribution in [2.75, 3.05) is 13.1 Å². The SMILES string of the molecule is CCCN(CCC)C(=O)C1=Cc2ccc(-c3ccc4c(=O)n(CCC(N)=O)ncc4c3)cc2N=C(N)C1. The van der Waals surface area contributed by atoms with Crippen LogP contribution in [0.2, 0.25) is 0 Å². The summed E-state index contributed by atoms with van der Waals surface area (Å²) in [5.41, 5.74) is 15.1. The first-order valence-corrected chi connectivity index (χ1v) is 12.6. The van der Waals surface area contributed by atoms with E-state index in [0.717, 1.165) is 29.5 Å². The Labute approximate surface area is 215 Å². The molecule has 2 aromatic carbocycles. The number of carbonyl (C=O) groups is 2. The summed E-state index contributed by atoms with van der Waals surface area (Å²) >= 11 is 0. The van der Waals surface area contributed by atoms with Gasteiger partial charge in [0.2, 0.25) is 11.8 Å². The number of rotatable bonds is 9. The smallest absolute Gasteiger partial charge is 0.274 e. The Hall–Kier alpha value is -4.27. The highest BCUT2D eigenvalue weighted by Crippen LogP contribution is 2.33. The average Bonchev–Trinajstić information content (AvgIpc) is 3.04. The van der Waals surface area contributed by atoms with E-state index in [2.05, 4.69) is 23.9 Å². The van der Waals surface area contributed by atoms with Crippen molar-refractivity contribution in [3.05, 3.63) is 64.1 Å². The van der Waals surface area contributed by atoms with E-state index in [1.165, 1.54) is 4.68 Å². The third-order valence-corrected chi connectivity index (χ3v) is 6.30. The third-order valence-electron chi connectivity index (χ3n) is 6.30. The second kappa shape index (κ2) is 11.2. The first-order valence-electron chi connectivity index (χ1n) is 12.6. The van der Waals surface area contributed by atoms with Gasteiger partial charge in [0.05, 0.1) is 23.8 Å². The predicted molar refractivity (Wildman–Crippen MR) is 146 cm³/mol. The highest BCUT2D eigenvalue weighted by Gasteiger charge is 2.21. The van der Waals surface area contributed by atoms with Gasteiger partial charge in [-0.3, -0.25) is 14.4 Å². The van der Waals surface area contributed by atoms with Crippen molar-refractivity contribution in [1.29, 1.82) is 0 Å². The van der Waals surface area contributed by atoms with Gasteiger partial charge in [-0.15, -0.1) is 0 Å². The Morgan fingerprint density at radius 2 is 1.76 bits per heavy atom. The fourth-order valence-corrected chi connectivity index (χ4v) is 4.51. The molecule has 0 bridgehead atoms. The predicted octanol–water partition coefficient (Wildman–Crippen LogP) is 3.36. The summed E-state index contributed by atoms with van der Waals surface area (Å²) in [4.78, 5) is 43.5. The van der Waals surface area contributed by atoms with Gasteiger partial charge in [0.15, 0.2) is 0 Å². The number of hydrogen-bond acceptors (Lipinski definition) is 6. The summed E-state index contributed by atoms with van der Waals surface area (Å²) in [6, 6.07) is 11.4. The maximum atomic E-state index is 13.2. The number of hydrogen-bond donors (Lipinski definition) is 2. The summed E-state index contributed by atoms with van der Waals surface area (Å²) in [5, 5.41) is 5.38. The Morgan fingerprint density at radius 3 is 2.46 bits per heavy atom. The lowest BCUT2D eigenvalue weighted by Gasteiger charge is -2.22. The lowest BCUT2D eigenvalue weighted by molar-refractivity contribution is -0.127. The molecule has 192 valence electrons. The Bertz CT molecular complexity index is 1460. The van der Waals surface area contributed by atoms with Gasteiger partial charge >= 0.3 is 0 Å². The van der Waals surface area contributed by atoms with Crippen LogP contribution in [0.15, 0.2) is 58.0 Å². The second-order valence-electron chi connectivity index (χ2n) is 9.21.